The van der Waals surface area contributed by atoms with Gasteiger partial charge in [0.05, 0.1) is 0 Å². The molecule has 0 saturated carbocycles. The zero-order valence-corrected chi connectivity index (χ0v) is 8.82. The van der Waals surface area contributed by atoms with Crippen molar-refractivity contribution in [2.45, 2.75) is 32.1 Å². The maximum Gasteiger partial charge on any atom is 0.314 e. The maximum atomic E-state index is 11.0. The highest BCUT2D eigenvalue weighted by Crippen LogP contribution is 2.20. The molecule has 86 valence electrons. The van der Waals surface area contributed by atoms with Crippen LogP contribution in [-0.4, -0.2) is 35.1 Å². The van der Waals surface area contributed by atoms with E-state index in [1.165, 1.54) is 0 Å². The summed E-state index contributed by atoms with van der Waals surface area (Å²) in [5.74, 6) is -0.485. The number of carbonyl (C=O) groups is 2. The summed E-state index contributed by atoms with van der Waals surface area (Å²) >= 11 is 0. The van der Waals surface area contributed by atoms with Crippen LogP contribution < -0.4 is 5.73 Å². The molecule has 1 unspecified atom stereocenters. The van der Waals surface area contributed by atoms with E-state index in [0.29, 0.717) is 19.5 Å². The predicted molar refractivity (Wildman–Crippen MR) is 55.4 cm³/mol. The average Bonchev–Trinajstić information content (AvgIpc) is 2.39. The van der Waals surface area contributed by atoms with E-state index >= 15 is 0 Å². The number of hydrogen-bond acceptors (Lipinski definition) is 2. The quantitative estimate of drug-likeness (QED) is 0.736. The Kier molecular flexibility index (Phi) is 4.39. The number of amides is 2. The lowest BCUT2D eigenvalue weighted by Gasteiger charge is -2.22. The van der Waals surface area contributed by atoms with Crippen molar-refractivity contribution < 1.29 is 14.7 Å². The van der Waals surface area contributed by atoms with Gasteiger partial charge >= 0.3 is 12.0 Å². The lowest BCUT2D eigenvalue weighted by Crippen LogP contribution is -2.38. The fourth-order valence-corrected chi connectivity index (χ4v) is 1.99. The molecule has 1 rings (SSSR count). The highest BCUT2D eigenvalue weighted by Gasteiger charge is 2.20. The number of aliphatic carboxylic acids is 1. The molecule has 0 aromatic carbocycles. The summed E-state index contributed by atoms with van der Waals surface area (Å²) in [6, 6.07) is -0.391. The van der Waals surface area contributed by atoms with Gasteiger partial charge in [-0.15, -0.1) is 0 Å². The van der Waals surface area contributed by atoms with Gasteiger partial charge in [0.15, 0.2) is 0 Å². The van der Waals surface area contributed by atoms with Crippen LogP contribution in [0.3, 0.4) is 0 Å². The van der Waals surface area contributed by atoms with E-state index in [9.17, 15) is 9.59 Å². The normalized spacial score (nSPS) is 22.1. The average molecular weight is 214 g/mol. The van der Waals surface area contributed by atoms with Crippen molar-refractivity contribution in [2.24, 2.45) is 11.7 Å². The Labute approximate surface area is 89.2 Å². The van der Waals surface area contributed by atoms with Gasteiger partial charge in [-0.1, -0.05) is 6.42 Å². The minimum absolute atomic E-state index is 0.178. The Morgan fingerprint density at radius 3 is 2.73 bits per heavy atom. The van der Waals surface area contributed by atoms with Crippen molar-refractivity contribution in [3.8, 4) is 0 Å². The first kappa shape index (κ1) is 11.8. The molecule has 1 aliphatic heterocycles. The second kappa shape index (κ2) is 5.58. The van der Waals surface area contributed by atoms with Gasteiger partial charge in [0.1, 0.15) is 0 Å². The van der Waals surface area contributed by atoms with Crippen molar-refractivity contribution in [1.82, 2.24) is 4.90 Å². The molecule has 5 heteroatoms. The van der Waals surface area contributed by atoms with E-state index in [1.54, 1.807) is 4.90 Å². The minimum Gasteiger partial charge on any atom is -0.481 e. The molecule has 2 amide bonds. The first-order chi connectivity index (χ1) is 7.09. The summed E-state index contributed by atoms with van der Waals surface area (Å²) in [4.78, 5) is 23.1. The topological polar surface area (TPSA) is 83.6 Å². The van der Waals surface area contributed by atoms with E-state index < -0.39 is 12.0 Å². The molecule has 1 fully saturated rings. The summed E-state index contributed by atoms with van der Waals surface area (Å²) in [7, 11) is 0. The Morgan fingerprint density at radius 2 is 2.13 bits per heavy atom. The lowest BCUT2D eigenvalue weighted by atomic mass is 9.98. The largest absolute Gasteiger partial charge is 0.481 e. The molecule has 0 aromatic heterocycles. The van der Waals surface area contributed by atoms with Crippen molar-refractivity contribution in [3.63, 3.8) is 0 Å². The van der Waals surface area contributed by atoms with Gasteiger partial charge in [0.25, 0.3) is 0 Å². The molecule has 1 saturated heterocycles. The highest BCUT2D eigenvalue weighted by atomic mass is 16.4. The van der Waals surface area contributed by atoms with Gasteiger partial charge in [-0.2, -0.15) is 0 Å². The SMILES string of the molecule is NC(=O)N1CCCCC(CCC(=O)O)C1. The zero-order valence-electron chi connectivity index (χ0n) is 8.82. The van der Waals surface area contributed by atoms with Gasteiger partial charge in [0, 0.05) is 19.5 Å². The van der Waals surface area contributed by atoms with Crippen LogP contribution in [0.4, 0.5) is 4.79 Å². The van der Waals surface area contributed by atoms with E-state index in [0.717, 1.165) is 19.3 Å². The van der Waals surface area contributed by atoms with Crippen LogP contribution in [0.5, 0.6) is 0 Å². The van der Waals surface area contributed by atoms with E-state index in [-0.39, 0.29) is 12.3 Å². The maximum absolute atomic E-state index is 11.0. The van der Waals surface area contributed by atoms with Crippen LogP contribution in [0.15, 0.2) is 0 Å². The Balaban J connectivity index is 2.42. The summed E-state index contributed by atoms with van der Waals surface area (Å²) in [6.45, 7) is 1.32. The molecule has 0 bridgehead atoms. The first-order valence-corrected chi connectivity index (χ1v) is 5.35. The lowest BCUT2D eigenvalue weighted by molar-refractivity contribution is -0.137. The molecule has 1 atom stereocenters. The second-order valence-corrected chi connectivity index (χ2v) is 4.08. The molecule has 0 spiro atoms. The Bertz CT molecular complexity index is 243. The molecular weight excluding hydrogens is 196 g/mol. The molecule has 5 nitrogen and oxygen atoms in total. The van der Waals surface area contributed by atoms with E-state index in [1.807, 2.05) is 0 Å². The monoisotopic (exact) mass is 214 g/mol. The van der Waals surface area contributed by atoms with E-state index in [2.05, 4.69) is 0 Å². The number of nitrogens with two attached hydrogens (primary N) is 1. The summed E-state index contributed by atoms with van der Waals surface area (Å²) in [6.07, 6.45) is 3.83. The highest BCUT2D eigenvalue weighted by molar-refractivity contribution is 5.72. The van der Waals surface area contributed by atoms with Crippen LogP contribution in [0.1, 0.15) is 32.1 Å². The minimum atomic E-state index is -0.773. The van der Waals surface area contributed by atoms with Crippen LogP contribution >= 0.6 is 0 Å². The smallest absolute Gasteiger partial charge is 0.314 e. The zero-order chi connectivity index (χ0) is 11.3. The van der Waals surface area contributed by atoms with Gasteiger partial charge in [-0.05, 0) is 25.2 Å². The van der Waals surface area contributed by atoms with Crippen LogP contribution in [0.2, 0.25) is 0 Å². The first-order valence-electron chi connectivity index (χ1n) is 5.35. The van der Waals surface area contributed by atoms with Crippen LogP contribution in [-0.2, 0) is 4.79 Å². The number of likely N-dealkylation sites (tertiary alicyclic amines) is 1. The molecule has 1 aliphatic rings. The van der Waals surface area contributed by atoms with Gasteiger partial charge in [0.2, 0.25) is 0 Å². The molecule has 15 heavy (non-hydrogen) atoms. The van der Waals surface area contributed by atoms with Crippen molar-refractivity contribution in [3.05, 3.63) is 0 Å². The molecule has 3 N–H and O–H groups in total. The Hall–Kier alpha value is -1.26. The third-order valence-electron chi connectivity index (χ3n) is 2.85. The van der Waals surface area contributed by atoms with Crippen LogP contribution in [0.25, 0.3) is 0 Å². The van der Waals surface area contributed by atoms with Crippen molar-refractivity contribution in [2.75, 3.05) is 13.1 Å². The standard InChI is InChI=1S/C10H18N2O3/c11-10(15)12-6-2-1-3-8(7-12)4-5-9(13)14/h8H,1-7H2,(H2,11,15)(H,13,14). The third-order valence-corrected chi connectivity index (χ3v) is 2.85. The number of primary amides is 1. The van der Waals surface area contributed by atoms with Crippen LogP contribution in [0, 0.1) is 5.92 Å². The molecular formula is C10H18N2O3. The second-order valence-electron chi connectivity index (χ2n) is 4.08. The number of nitrogens with zero attached hydrogens (tertiary/aromatic N) is 1. The molecule has 1 heterocycles. The number of hydrogen-bond donors (Lipinski definition) is 2. The Morgan fingerprint density at radius 1 is 1.40 bits per heavy atom. The number of urea groups is 1. The number of rotatable bonds is 3. The predicted octanol–water partition coefficient (Wildman–Crippen LogP) is 1.03. The number of carboxylic acid groups (broad SMARTS) is 1. The summed E-state index contributed by atoms with van der Waals surface area (Å²) in [5, 5.41) is 8.58. The van der Waals surface area contributed by atoms with Gasteiger partial charge < -0.3 is 15.7 Å². The summed E-state index contributed by atoms with van der Waals surface area (Å²) < 4.78 is 0. The fourth-order valence-electron chi connectivity index (χ4n) is 1.99. The number of carbonyl (C=O) groups excluding carboxylic acids is 1. The van der Waals surface area contributed by atoms with Gasteiger partial charge in [-0.3, -0.25) is 4.79 Å². The fraction of sp³-hybridized carbons (Fsp3) is 0.800. The summed E-state index contributed by atoms with van der Waals surface area (Å²) in [5.41, 5.74) is 5.23. The molecule has 0 aromatic rings. The molecule has 0 radical (unpaired) electrons. The third kappa shape index (κ3) is 4.18. The van der Waals surface area contributed by atoms with Crippen molar-refractivity contribution in [1.29, 1.82) is 0 Å². The van der Waals surface area contributed by atoms with Gasteiger partial charge in [-0.25, -0.2) is 4.79 Å². The number of carboxylic acids is 1. The van der Waals surface area contributed by atoms with Crippen molar-refractivity contribution >= 4 is 12.0 Å². The van der Waals surface area contributed by atoms with E-state index in [4.69, 9.17) is 10.8 Å². The molecule has 0 aliphatic carbocycles.